The Labute approximate surface area is 63.3 Å². The van der Waals surface area contributed by atoms with Crippen LogP contribution in [0.1, 0.15) is 19.3 Å². The van der Waals surface area contributed by atoms with Crippen molar-refractivity contribution in [1.29, 1.82) is 5.26 Å². The fourth-order valence-corrected chi connectivity index (χ4v) is 1.41. The lowest BCUT2D eigenvalue weighted by atomic mass is 9.59. The van der Waals surface area contributed by atoms with Gasteiger partial charge in [0.1, 0.15) is 0 Å². The molecule has 62 valence electrons. The Morgan fingerprint density at radius 2 is 1.91 bits per heavy atom. The van der Waals surface area contributed by atoms with Gasteiger partial charge in [-0.25, -0.2) is 0 Å². The molecular weight excluding hydrogens is 154 g/mol. The van der Waals surface area contributed by atoms with Gasteiger partial charge in [-0.1, -0.05) is 12.7 Å². The molecule has 0 amide bonds. The second-order valence-corrected chi connectivity index (χ2v) is 3.16. The summed E-state index contributed by atoms with van der Waals surface area (Å²) in [5.74, 6) is 0. The predicted molar refractivity (Wildman–Crippen MR) is 35.8 cm³/mol. The van der Waals surface area contributed by atoms with E-state index in [4.69, 9.17) is 5.26 Å². The molecule has 0 saturated heterocycles. The molecule has 0 radical (unpaired) electrons. The van der Waals surface area contributed by atoms with Crippen molar-refractivity contribution in [3.8, 4) is 6.07 Å². The average molecular weight is 162 g/mol. The predicted octanol–water partition coefficient (Wildman–Crippen LogP) is 2.53. The monoisotopic (exact) mass is 162 g/mol. The molecule has 0 aromatic carbocycles. The maximum absolute atomic E-state index is 11.9. The molecule has 0 aliphatic heterocycles. The SMILES string of the molecule is N#CC1(C[B-](F)(F)F)CCC1. The lowest BCUT2D eigenvalue weighted by molar-refractivity contribution is 0.223. The van der Waals surface area contributed by atoms with Crippen molar-refractivity contribution in [1.82, 2.24) is 0 Å². The van der Waals surface area contributed by atoms with E-state index in [-0.39, 0.29) is 0 Å². The molecule has 0 heterocycles. The summed E-state index contributed by atoms with van der Waals surface area (Å²) in [6.07, 6.45) is 0.735. The average Bonchev–Trinajstić information content (AvgIpc) is 1.77. The van der Waals surface area contributed by atoms with Crippen LogP contribution < -0.4 is 0 Å². The molecular formula is C6H8BF3N-. The highest BCUT2D eigenvalue weighted by molar-refractivity contribution is 6.58. The summed E-state index contributed by atoms with van der Waals surface area (Å²) in [7, 11) is 0. The Bertz CT molecular complexity index is 189. The van der Waals surface area contributed by atoms with Crippen LogP contribution in [0.15, 0.2) is 0 Å². The first-order valence-electron chi connectivity index (χ1n) is 3.60. The normalized spacial score (nSPS) is 22.0. The Kier molecular flexibility index (Phi) is 1.87. The minimum atomic E-state index is -4.78. The molecule has 1 aliphatic carbocycles. The third-order valence-electron chi connectivity index (χ3n) is 2.17. The van der Waals surface area contributed by atoms with E-state index in [1.54, 1.807) is 6.07 Å². The summed E-state index contributed by atoms with van der Waals surface area (Å²) in [5.41, 5.74) is -1.04. The topological polar surface area (TPSA) is 23.8 Å². The molecule has 0 N–H and O–H groups in total. The highest BCUT2D eigenvalue weighted by Crippen LogP contribution is 2.47. The summed E-state index contributed by atoms with van der Waals surface area (Å²) in [4.78, 5) is 0. The fraction of sp³-hybridized carbons (Fsp3) is 0.833. The van der Waals surface area contributed by atoms with Crippen molar-refractivity contribution in [3.63, 3.8) is 0 Å². The van der Waals surface area contributed by atoms with Gasteiger partial charge < -0.3 is 12.9 Å². The van der Waals surface area contributed by atoms with E-state index in [0.29, 0.717) is 12.8 Å². The van der Waals surface area contributed by atoms with Crippen LogP contribution in [0.25, 0.3) is 0 Å². The molecule has 5 heteroatoms. The van der Waals surface area contributed by atoms with E-state index in [1.807, 2.05) is 0 Å². The number of halogens is 3. The first-order valence-corrected chi connectivity index (χ1v) is 3.60. The van der Waals surface area contributed by atoms with Gasteiger partial charge in [0, 0.05) is 5.41 Å². The van der Waals surface area contributed by atoms with Gasteiger partial charge in [-0.2, -0.15) is 5.26 Å². The van der Waals surface area contributed by atoms with Crippen LogP contribution in [0.2, 0.25) is 6.32 Å². The van der Waals surface area contributed by atoms with Crippen molar-refractivity contribution in [2.24, 2.45) is 5.41 Å². The largest absolute Gasteiger partial charge is 0.479 e. The first kappa shape index (κ1) is 8.44. The fourth-order valence-electron chi connectivity index (χ4n) is 1.41. The van der Waals surface area contributed by atoms with E-state index in [1.165, 1.54) is 0 Å². The van der Waals surface area contributed by atoms with Crippen LogP contribution in [0.5, 0.6) is 0 Å². The van der Waals surface area contributed by atoms with E-state index < -0.39 is 18.7 Å². The molecule has 1 aliphatic rings. The zero-order chi connectivity index (χ0) is 8.54. The van der Waals surface area contributed by atoms with Crippen LogP contribution in [0.4, 0.5) is 12.9 Å². The molecule has 0 bridgehead atoms. The van der Waals surface area contributed by atoms with Gasteiger partial charge in [-0.05, 0) is 12.8 Å². The highest BCUT2D eigenvalue weighted by Gasteiger charge is 2.43. The number of rotatable bonds is 2. The first-order chi connectivity index (χ1) is 4.97. The van der Waals surface area contributed by atoms with Gasteiger partial charge >= 0.3 is 6.98 Å². The van der Waals surface area contributed by atoms with Crippen molar-refractivity contribution >= 4 is 6.98 Å². The highest BCUT2D eigenvalue weighted by atomic mass is 19.4. The maximum Gasteiger partial charge on any atom is 0.479 e. The van der Waals surface area contributed by atoms with Gasteiger partial charge in [-0.3, -0.25) is 0 Å². The van der Waals surface area contributed by atoms with Crippen molar-refractivity contribution in [2.45, 2.75) is 25.6 Å². The summed E-state index contributed by atoms with van der Waals surface area (Å²) < 4.78 is 35.6. The summed E-state index contributed by atoms with van der Waals surface area (Å²) in [6, 6.07) is 1.77. The molecule has 0 spiro atoms. The molecule has 1 fully saturated rings. The number of hydrogen-bond acceptors (Lipinski definition) is 1. The Morgan fingerprint density at radius 3 is 2.00 bits per heavy atom. The van der Waals surface area contributed by atoms with Crippen molar-refractivity contribution in [2.75, 3.05) is 0 Å². The third-order valence-corrected chi connectivity index (χ3v) is 2.17. The molecule has 0 unspecified atom stereocenters. The molecule has 0 atom stereocenters. The lowest BCUT2D eigenvalue weighted by Gasteiger charge is -2.38. The van der Waals surface area contributed by atoms with Crippen LogP contribution in [-0.4, -0.2) is 6.98 Å². The number of hydrogen-bond donors (Lipinski definition) is 0. The standard InChI is InChI=1S/C6H8BF3N/c8-7(9,10)4-6(5-11)2-1-3-6/h1-4H2/q-1. The van der Waals surface area contributed by atoms with Crippen LogP contribution in [0, 0.1) is 16.7 Å². The second kappa shape index (κ2) is 2.44. The molecule has 0 aromatic heterocycles. The summed E-state index contributed by atoms with van der Waals surface area (Å²) in [6.45, 7) is -4.78. The minimum absolute atomic E-state index is 0.421. The third kappa shape index (κ3) is 1.89. The summed E-state index contributed by atoms with van der Waals surface area (Å²) in [5, 5.41) is 8.46. The van der Waals surface area contributed by atoms with Crippen LogP contribution in [-0.2, 0) is 0 Å². The zero-order valence-corrected chi connectivity index (χ0v) is 5.99. The van der Waals surface area contributed by atoms with Gasteiger partial charge in [0.25, 0.3) is 0 Å². The van der Waals surface area contributed by atoms with Gasteiger partial charge in [0.15, 0.2) is 0 Å². The summed E-state index contributed by atoms with van der Waals surface area (Å²) >= 11 is 0. The second-order valence-electron chi connectivity index (χ2n) is 3.16. The molecule has 1 nitrogen and oxygen atoms in total. The lowest BCUT2D eigenvalue weighted by Crippen LogP contribution is -2.34. The Balaban J connectivity index is 2.54. The van der Waals surface area contributed by atoms with E-state index in [0.717, 1.165) is 6.42 Å². The van der Waals surface area contributed by atoms with Crippen LogP contribution in [0.3, 0.4) is 0 Å². The number of nitrogens with zero attached hydrogens (tertiary/aromatic N) is 1. The van der Waals surface area contributed by atoms with Gasteiger partial charge in [-0.15, -0.1) is 0 Å². The van der Waals surface area contributed by atoms with Gasteiger partial charge in [0.2, 0.25) is 0 Å². The maximum atomic E-state index is 11.9. The quantitative estimate of drug-likeness (QED) is 0.572. The smallest absolute Gasteiger partial charge is 0.449 e. The zero-order valence-electron chi connectivity index (χ0n) is 5.99. The molecule has 1 saturated carbocycles. The van der Waals surface area contributed by atoms with E-state index >= 15 is 0 Å². The van der Waals surface area contributed by atoms with Crippen molar-refractivity contribution < 1.29 is 12.9 Å². The molecule has 11 heavy (non-hydrogen) atoms. The Hall–Kier alpha value is -0.655. The van der Waals surface area contributed by atoms with Crippen LogP contribution >= 0.6 is 0 Å². The Morgan fingerprint density at radius 1 is 1.36 bits per heavy atom. The minimum Gasteiger partial charge on any atom is -0.449 e. The van der Waals surface area contributed by atoms with E-state index in [2.05, 4.69) is 0 Å². The molecule has 0 aromatic rings. The molecule has 1 rings (SSSR count). The van der Waals surface area contributed by atoms with Crippen molar-refractivity contribution in [3.05, 3.63) is 0 Å². The van der Waals surface area contributed by atoms with Gasteiger partial charge in [0.05, 0.1) is 6.07 Å². The van der Waals surface area contributed by atoms with E-state index in [9.17, 15) is 12.9 Å². The number of nitriles is 1.